The maximum atomic E-state index is 12.9. The molecule has 1 aromatic heterocycles. The third-order valence-corrected chi connectivity index (χ3v) is 2.77. The standard InChI is InChI=1S/C14H10F3N3O3/c1-23-13(22)10-6-19-11(7-18-10)20-12(21)8-4-2-3-5-9(8)14(15,16)17/h2-7H,1H3,(H,19,20,21). The topological polar surface area (TPSA) is 81.2 Å². The van der Waals surface area contributed by atoms with Gasteiger partial charge in [-0.2, -0.15) is 13.2 Å². The zero-order valence-electron chi connectivity index (χ0n) is 11.7. The quantitative estimate of drug-likeness (QED) is 0.877. The fourth-order valence-electron chi connectivity index (χ4n) is 1.71. The van der Waals surface area contributed by atoms with Gasteiger partial charge in [0.15, 0.2) is 11.5 Å². The van der Waals surface area contributed by atoms with E-state index in [0.717, 1.165) is 31.6 Å². The van der Waals surface area contributed by atoms with E-state index in [4.69, 9.17) is 0 Å². The van der Waals surface area contributed by atoms with Crippen LogP contribution in [0.15, 0.2) is 36.7 Å². The number of benzene rings is 1. The van der Waals surface area contributed by atoms with Crippen LogP contribution >= 0.6 is 0 Å². The second-order valence-electron chi connectivity index (χ2n) is 4.28. The lowest BCUT2D eigenvalue weighted by molar-refractivity contribution is -0.137. The van der Waals surface area contributed by atoms with Gasteiger partial charge in [0.25, 0.3) is 5.91 Å². The van der Waals surface area contributed by atoms with Gasteiger partial charge < -0.3 is 10.1 Å². The van der Waals surface area contributed by atoms with Crippen LogP contribution in [0.1, 0.15) is 26.4 Å². The van der Waals surface area contributed by atoms with Gasteiger partial charge in [0.1, 0.15) is 0 Å². The number of halogens is 3. The van der Waals surface area contributed by atoms with Gasteiger partial charge in [-0.25, -0.2) is 14.8 Å². The number of carbonyl (C=O) groups excluding carboxylic acids is 2. The second-order valence-corrected chi connectivity index (χ2v) is 4.28. The Balaban J connectivity index is 2.22. The predicted molar refractivity (Wildman–Crippen MR) is 72.8 cm³/mol. The fraction of sp³-hybridized carbons (Fsp3) is 0.143. The molecule has 0 aliphatic heterocycles. The Morgan fingerprint density at radius 1 is 1.13 bits per heavy atom. The number of rotatable bonds is 3. The lowest BCUT2D eigenvalue weighted by Gasteiger charge is -2.12. The molecule has 9 heteroatoms. The van der Waals surface area contributed by atoms with Gasteiger partial charge in [0.2, 0.25) is 0 Å². The van der Waals surface area contributed by atoms with Crippen molar-refractivity contribution in [2.24, 2.45) is 0 Å². The van der Waals surface area contributed by atoms with E-state index < -0.39 is 29.2 Å². The molecule has 1 aromatic carbocycles. The molecule has 0 radical (unpaired) electrons. The van der Waals surface area contributed by atoms with E-state index in [1.54, 1.807) is 0 Å². The molecule has 0 atom stereocenters. The molecule has 23 heavy (non-hydrogen) atoms. The van der Waals surface area contributed by atoms with Crippen LogP contribution in [0.5, 0.6) is 0 Å². The first-order chi connectivity index (χ1) is 10.8. The maximum Gasteiger partial charge on any atom is 0.417 e. The Kier molecular flexibility index (Phi) is 4.58. The number of ether oxygens (including phenoxy) is 1. The minimum absolute atomic E-state index is 0.0961. The van der Waals surface area contributed by atoms with E-state index in [-0.39, 0.29) is 11.5 Å². The van der Waals surface area contributed by atoms with Crippen LogP contribution in [-0.4, -0.2) is 29.0 Å². The van der Waals surface area contributed by atoms with Crippen molar-refractivity contribution in [2.45, 2.75) is 6.18 Å². The van der Waals surface area contributed by atoms with Gasteiger partial charge >= 0.3 is 12.1 Å². The van der Waals surface area contributed by atoms with E-state index in [2.05, 4.69) is 20.0 Å². The van der Waals surface area contributed by atoms with E-state index in [0.29, 0.717) is 0 Å². The summed E-state index contributed by atoms with van der Waals surface area (Å²) in [5.74, 6) is -1.81. The molecule has 0 saturated carbocycles. The molecule has 120 valence electrons. The molecule has 0 fully saturated rings. The number of carbonyl (C=O) groups is 2. The SMILES string of the molecule is COC(=O)c1cnc(NC(=O)c2ccccc2C(F)(F)F)cn1. The van der Waals surface area contributed by atoms with E-state index in [1.165, 1.54) is 12.1 Å². The molecule has 0 unspecified atom stereocenters. The van der Waals surface area contributed by atoms with Crippen LogP contribution in [0.3, 0.4) is 0 Å². The number of hydrogen-bond donors (Lipinski definition) is 1. The first kappa shape index (κ1) is 16.4. The normalized spacial score (nSPS) is 11.0. The highest BCUT2D eigenvalue weighted by Gasteiger charge is 2.34. The van der Waals surface area contributed by atoms with Crippen molar-refractivity contribution >= 4 is 17.7 Å². The number of anilines is 1. The van der Waals surface area contributed by atoms with Crippen LogP contribution in [0.2, 0.25) is 0 Å². The summed E-state index contributed by atoms with van der Waals surface area (Å²) in [6, 6.07) is 4.36. The number of esters is 1. The zero-order chi connectivity index (χ0) is 17.0. The number of nitrogens with zero attached hydrogens (tertiary/aromatic N) is 2. The van der Waals surface area contributed by atoms with Gasteiger partial charge in [-0.15, -0.1) is 0 Å². The highest BCUT2D eigenvalue weighted by Crippen LogP contribution is 2.32. The van der Waals surface area contributed by atoms with Gasteiger partial charge in [-0.1, -0.05) is 12.1 Å². The largest absolute Gasteiger partial charge is 0.464 e. The van der Waals surface area contributed by atoms with Gasteiger partial charge in [-0.3, -0.25) is 4.79 Å². The molecule has 1 N–H and O–H groups in total. The number of amides is 1. The Morgan fingerprint density at radius 2 is 1.83 bits per heavy atom. The Labute approximate surface area is 128 Å². The molecule has 0 bridgehead atoms. The highest BCUT2D eigenvalue weighted by atomic mass is 19.4. The maximum absolute atomic E-state index is 12.9. The molecule has 0 spiro atoms. The zero-order valence-corrected chi connectivity index (χ0v) is 11.7. The highest BCUT2D eigenvalue weighted by molar-refractivity contribution is 6.05. The third-order valence-electron chi connectivity index (χ3n) is 2.77. The number of hydrogen-bond acceptors (Lipinski definition) is 5. The number of nitrogens with one attached hydrogen (secondary N) is 1. The van der Waals surface area contributed by atoms with Crippen LogP contribution in [0.4, 0.5) is 19.0 Å². The summed E-state index contributed by atoms with van der Waals surface area (Å²) in [5, 5.41) is 2.19. The van der Waals surface area contributed by atoms with Crippen molar-refractivity contribution < 1.29 is 27.5 Å². The molecule has 0 aliphatic carbocycles. The second kappa shape index (κ2) is 6.42. The average molecular weight is 325 g/mol. The summed E-state index contributed by atoms with van der Waals surface area (Å²) >= 11 is 0. The van der Waals surface area contributed by atoms with Crippen molar-refractivity contribution in [1.82, 2.24) is 9.97 Å². The fourth-order valence-corrected chi connectivity index (χ4v) is 1.71. The smallest absolute Gasteiger partial charge is 0.417 e. The molecule has 0 aliphatic rings. The molecule has 0 saturated heterocycles. The summed E-state index contributed by atoms with van der Waals surface area (Å²) in [4.78, 5) is 30.6. The molecular formula is C14H10F3N3O3. The Bertz CT molecular complexity index is 730. The number of aromatic nitrogens is 2. The number of alkyl halides is 3. The van der Waals surface area contributed by atoms with Gasteiger partial charge in [-0.05, 0) is 12.1 Å². The van der Waals surface area contributed by atoms with Gasteiger partial charge in [0, 0.05) is 0 Å². The minimum Gasteiger partial charge on any atom is -0.464 e. The third kappa shape index (κ3) is 3.82. The first-order valence-electron chi connectivity index (χ1n) is 6.21. The molecule has 6 nitrogen and oxygen atoms in total. The molecular weight excluding hydrogens is 315 g/mol. The summed E-state index contributed by atoms with van der Waals surface area (Å²) < 4.78 is 43.0. The van der Waals surface area contributed by atoms with Crippen LogP contribution in [-0.2, 0) is 10.9 Å². The first-order valence-corrected chi connectivity index (χ1v) is 6.21. The molecule has 2 rings (SSSR count). The van der Waals surface area contributed by atoms with Gasteiger partial charge in [0.05, 0.1) is 30.6 Å². The molecule has 2 aromatic rings. The molecule has 1 amide bonds. The van der Waals surface area contributed by atoms with Crippen LogP contribution in [0, 0.1) is 0 Å². The molecule has 1 heterocycles. The Morgan fingerprint density at radius 3 is 2.39 bits per heavy atom. The monoisotopic (exact) mass is 325 g/mol. The van der Waals surface area contributed by atoms with Crippen molar-refractivity contribution in [2.75, 3.05) is 12.4 Å². The van der Waals surface area contributed by atoms with Crippen molar-refractivity contribution in [3.05, 3.63) is 53.5 Å². The predicted octanol–water partition coefficient (Wildman–Crippen LogP) is 2.53. The number of methoxy groups -OCH3 is 1. The van der Waals surface area contributed by atoms with Crippen molar-refractivity contribution in [3.8, 4) is 0 Å². The van der Waals surface area contributed by atoms with Crippen molar-refractivity contribution in [3.63, 3.8) is 0 Å². The summed E-state index contributed by atoms with van der Waals surface area (Å²) in [7, 11) is 1.16. The van der Waals surface area contributed by atoms with E-state index in [9.17, 15) is 22.8 Å². The van der Waals surface area contributed by atoms with Crippen LogP contribution in [0.25, 0.3) is 0 Å². The lowest BCUT2D eigenvalue weighted by Crippen LogP contribution is -2.19. The summed E-state index contributed by atoms with van der Waals surface area (Å²) in [5.41, 5.74) is -1.70. The Hall–Kier alpha value is -2.97. The van der Waals surface area contributed by atoms with Crippen molar-refractivity contribution in [1.29, 1.82) is 0 Å². The average Bonchev–Trinajstić information content (AvgIpc) is 2.54. The lowest BCUT2D eigenvalue weighted by atomic mass is 10.1. The summed E-state index contributed by atoms with van der Waals surface area (Å²) in [6.07, 6.45) is -2.58. The van der Waals surface area contributed by atoms with E-state index in [1.807, 2.05) is 0 Å². The van der Waals surface area contributed by atoms with Crippen LogP contribution < -0.4 is 5.32 Å². The summed E-state index contributed by atoms with van der Waals surface area (Å²) in [6.45, 7) is 0. The van der Waals surface area contributed by atoms with E-state index >= 15 is 0 Å². The minimum atomic E-state index is -4.66.